The third-order valence-electron chi connectivity index (χ3n) is 2.45. The van der Waals surface area contributed by atoms with Crippen LogP contribution >= 0.6 is 0 Å². The Hall–Kier alpha value is -1.16. The highest BCUT2D eigenvalue weighted by atomic mass is 16.5. The molecule has 2 N–H and O–H groups in total. The van der Waals surface area contributed by atoms with Crippen molar-refractivity contribution >= 4 is 0 Å². The Balaban J connectivity index is 2.59. The number of ether oxygens (including phenoxy) is 1. The van der Waals surface area contributed by atoms with E-state index in [2.05, 4.69) is 30.7 Å². The van der Waals surface area contributed by atoms with Crippen molar-refractivity contribution in [1.82, 2.24) is 9.97 Å². The summed E-state index contributed by atoms with van der Waals surface area (Å²) in [6, 6.07) is 2.01. The minimum atomic E-state index is 0.133. The highest BCUT2D eigenvalue weighted by Crippen LogP contribution is 2.11. The maximum Gasteiger partial charge on any atom is 0.216 e. The molecule has 1 heterocycles. The van der Waals surface area contributed by atoms with E-state index in [4.69, 9.17) is 10.5 Å². The number of nitrogens with two attached hydrogens (primary N) is 1. The van der Waals surface area contributed by atoms with Crippen molar-refractivity contribution in [3.05, 3.63) is 18.1 Å². The molecule has 0 amide bonds. The predicted molar refractivity (Wildman–Crippen MR) is 64.3 cm³/mol. The van der Waals surface area contributed by atoms with Gasteiger partial charge in [-0.25, -0.2) is 9.97 Å². The van der Waals surface area contributed by atoms with Gasteiger partial charge in [0.25, 0.3) is 0 Å². The van der Waals surface area contributed by atoms with Crippen molar-refractivity contribution in [2.75, 3.05) is 6.61 Å². The molecular formula is C12H21N3O. The summed E-state index contributed by atoms with van der Waals surface area (Å²) in [4.78, 5) is 8.25. The van der Waals surface area contributed by atoms with E-state index in [1.54, 1.807) is 0 Å². The second-order valence-corrected chi connectivity index (χ2v) is 4.31. The summed E-state index contributed by atoms with van der Waals surface area (Å²) in [7, 11) is 0. The van der Waals surface area contributed by atoms with Crippen molar-refractivity contribution in [1.29, 1.82) is 0 Å². The topological polar surface area (TPSA) is 61.0 Å². The SMILES string of the molecule is CCCOc1cc(CC(N)C(C)C)ncn1. The summed E-state index contributed by atoms with van der Waals surface area (Å²) < 4.78 is 5.45. The summed E-state index contributed by atoms with van der Waals surface area (Å²) in [5, 5.41) is 0. The van der Waals surface area contributed by atoms with Gasteiger partial charge in [0.1, 0.15) is 6.33 Å². The molecule has 0 aliphatic carbocycles. The molecule has 4 nitrogen and oxygen atoms in total. The van der Waals surface area contributed by atoms with Crippen molar-refractivity contribution in [3.63, 3.8) is 0 Å². The Kier molecular flexibility index (Phi) is 5.19. The largest absolute Gasteiger partial charge is 0.478 e. The number of rotatable bonds is 6. The lowest BCUT2D eigenvalue weighted by molar-refractivity contribution is 0.304. The first-order valence-corrected chi connectivity index (χ1v) is 5.82. The number of aromatic nitrogens is 2. The molecule has 0 fully saturated rings. The fourth-order valence-corrected chi connectivity index (χ4v) is 1.25. The lowest BCUT2D eigenvalue weighted by Gasteiger charge is -2.14. The minimum Gasteiger partial charge on any atom is -0.478 e. The molecule has 0 saturated heterocycles. The first-order chi connectivity index (χ1) is 7.63. The summed E-state index contributed by atoms with van der Waals surface area (Å²) in [5.41, 5.74) is 6.94. The smallest absolute Gasteiger partial charge is 0.216 e. The third kappa shape index (κ3) is 4.14. The molecule has 1 unspecified atom stereocenters. The van der Waals surface area contributed by atoms with Gasteiger partial charge >= 0.3 is 0 Å². The molecule has 0 aromatic carbocycles. The molecule has 0 bridgehead atoms. The molecular weight excluding hydrogens is 202 g/mol. The normalized spacial score (nSPS) is 12.8. The number of nitrogens with zero attached hydrogens (tertiary/aromatic N) is 2. The number of hydrogen-bond donors (Lipinski definition) is 1. The standard InChI is InChI=1S/C12H21N3O/c1-4-5-16-12-7-10(14-8-15-12)6-11(13)9(2)3/h7-9,11H,4-6,13H2,1-3H3. The van der Waals surface area contributed by atoms with Gasteiger partial charge in [0.15, 0.2) is 0 Å². The van der Waals surface area contributed by atoms with E-state index in [-0.39, 0.29) is 6.04 Å². The van der Waals surface area contributed by atoms with Crippen LogP contribution < -0.4 is 10.5 Å². The quantitative estimate of drug-likeness (QED) is 0.798. The van der Waals surface area contributed by atoms with Gasteiger partial charge in [0.2, 0.25) is 5.88 Å². The van der Waals surface area contributed by atoms with Gasteiger partial charge < -0.3 is 10.5 Å². The maximum atomic E-state index is 6.00. The first kappa shape index (κ1) is 12.9. The zero-order valence-electron chi connectivity index (χ0n) is 10.3. The summed E-state index contributed by atoms with van der Waals surface area (Å²) in [6.07, 6.45) is 3.28. The molecule has 1 aromatic rings. The van der Waals surface area contributed by atoms with Crippen LogP contribution in [0.15, 0.2) is 12.4 Å². The van der Waals surface area contributed by atoms with Crippen molar-refractivity contribution in [3.8, 4) is 5.88 Å². The summed E-state index contributed by atoms with van der Waals surface area (Å²) in [5.74, 6) is 1.10. The van der Waals surface area contributed by atoms with Gasteiger partial charge in [-0.3, -0.25) is 0 Å². The van der Waals surface area contributed by atoms with E-state index in [0.29, 0.717) is 18.4 Å². The van der Waals surface area contributed by atoms with Crippen LogP contribution in [0.3, 0.4) is 0 Å². The molecule has 0 saturated carbocycles. The van der Waals surface area contributed by atoms with Crippen LogP contribution in [-0.2, 0) is 6.42 Å². The lowest BCUT2D eigenvalue weighted by Crippen LogP contribution is -2.29. The molecule has 0 radical (unpaired) electrons. The van der Waals surface area contributed by atoms with Crippen LogP contribution in [0.2, 0.25) is 0 Å². The predicted octanol–water partition coefficient (Wildman–Crippen LogP) is 1.79. The summed E-state index contributed by atoms with van der Waals surface area (Å²) >= 11 is 0. The highest BCUT2D eigenvalue weighted by molar-refractivity contribution is 5.14. The zero-order valence-corrected chi connectivity index (χ0v) is 10.3. The van der Waals surface area contributed by atoms with E-state index in [1.807, 2.05) is 6.07 Å². The second-order valence-electron chi connectivity index (χ2n) is 4.31. The van der Waals surface area contributed by atoms with Crippen molar-refractivity contribution in [2.24, 2.45) is 11.7 Å². The van der Waals surface area contributed by atoms with E-state index >= 15 is 0 Å². The molecule has 0 aliphatic heterocycles. The number of hydrogen-bond acceptors (Lipinski definition) is 4. The van der Waals surface area contributed by atoms with Crippen LogP contribution in [0.4, 0.5) is 0 Å². The van der Waals surface area contributed by atoms with Gasteiger partial charge in [0, 0.05) is 24.2 Å². The third-order valence-corrected chi connectivity index (χ3v) is 2.45. The van der Waals surface area contributed by atoms with Gasteiger partial charge in [0.05, 0.1) is 6.61 Å². The lowest BCUT2D eigenvalue weighted by atomic mass is 10.0. The van der Waals surface area contributed by atoms with Crippen molar-refractivity contribution < 1.29 is 4.74 Å². The molecule has 1 aromatic heterocycles. The van der Waals surface area contributed by atoms with Crippen LogP contribution in [0, 0.1) is 5.92 Å². The average molecular weight is 223 g/mol. The van der Waals surface area contributed by atoms with E-state index in [0.717, 1.165) is 18.5 Å². The summed E-state index contributed by atoms with van der Waals surface area (Å²) in [6.45, 7) is 6.98. The highest BCUT2D eigenvalue weighted by Gasteiger charge is 2.10. The maximum absolute atomic E-state index is 6.00. The van der Waals surface area contributed by atoms with Gasteiger partial charge in [-0.15, -0.1) is 0 Å². The van der Waals surface area contributed by atoms with Gasteiger partial charge in [-0.2, -0.15) is 0 Å². The fraction of sp³-hybridized carbons (Fsp3) is 0.667. The zero-order chi connectivity index (χ0) is 12.0. The molecule has 0 aliphatic rings. The molecule has 90 valence electrons. The minimum absolute atomic E-state index is 0.133. The Morgan fingerprint density at radius 2 is 2.12 bits per heavy atom. The van der Waals surface area contributed by atoms with Gasteiger partial charge in [-0.1, -0.05) is 20.8 Å². The molecule has 4 heteroatoms. The fourth-order valence-electron chi connectivity index (χ4n) is 1.25. The van der Waals surface area contributed by atoms with Crippen LogP contribution in [0.5, 0.6) is 5.88 Å². The first-order valence-electron chi connectivity index (χ1n) is 5.82. The van der Waals surface area contributed by atoms with E-state index < -0.39 is 0 Å². The monoisotopic (exact) mass is 223 g/mol. The second kappa shape index (κ2) is 6.43. The average Bonchev–Trinajstić information content (AvgIpc) is 2.26. The molecule has 0 spiro atoms. The van der Waals surface area contributed by atoms with E-state index in [1.165, 1.54) is 6.33 Å². The van der Waals surface area contributed by atoms with Crippen LogP contribution in [0.25, 0.3) is 0 Å². The van der Waals surface area contributed by atoms with E-state index in [9.17, 15) is 0 Å². The molecule has 16 heavy (non-hydrogen) atoms. The van der Waals surface area contributed by atoms with Crippen LogP contribution in [-0.4, -0.2) is 22.6 Å². The Morgan fingerprint density at radius 3 is 2.75 bits per heavy atom. The van der Waals surface area contributed by atoms with Gasteiger partial charge in [-0.05, 0) is 12.3 Å². The van der Waals surface area contributed by atoms with Crippen LogP contribution in [0.1, 0.15) is 32.9 Å². The van der Waals surface area contributed by atoms with Crippen molar-refractivity contribution in [2.45, 2.75) is 39.7 Å². The molecule has 1 atom stereocenters. The molecule has 1 rings (SSSR count). The Labute approximate surface area is 97.2 Å². The Morgan fingerprint density at radius 1 is 1.38 bits per heavy atom. The Bertz CT molecular complexity index is 315.